The standard InChI is InChI=1S/C8H11N5O/c1-5(9)13-4-12-6-7(13)10-3-11-8(6)14-2/h3-5H,9H2,1-2H3. The number of fused-ring (bicyclic) bond motifs is 1. The Labute approximate surface area is 80.7 Å². The highest BCUT2D eigenvalue weighted by atomic mass is 16.5. The molecule has 0 fully saturated rings. The number of hydrogen-bond acceptors (Lipinski definition) is 5. The van der Waals surface area contributed by atoms with Crippen LogP contribution in [0.15, 0.2) is 12.7 Å². The van der Waals surface area contributed by atoms with Gasteiger partial charge in [0.1, 0.15) is 6.33 Å². The summed E-state index contributed by atoms with van der Waals surface area (Å²) in [6, 6.07) is 0. The predicted octanol–water partition coefficient (Wildman–Crippen LogP) is 0.312. The van der Waals surface area contributed by atoms with Crippen molar-refractivity contribution in [3.8, 4) is 5.88 Å². The second kappa shape index (κ2) is 3.22. The zero-order valence-electron chi connectivity index (χ0n) is 8.01. The summed E-state index contributed by atoms with van der Waals surface area (Å²) in [5.74, 6) is 0.467. The second-order valence-electron chi connectivity index (χ2n) is 2.95. The van der Waals surface area contributed by atoms with Crippen molar-refractivity contribution >= 4 is 11.2 Å². The Morgan fingerprint density at radius 2 is 2.21 bits per heavy atom. The Morgan fingerprint density at radius 3 is 2.86 bits per heavy atom. The normalized spacial score (nSPS) is 13.1. The van der Waals surface area contributed by atoms with Gasteiger partial charge in [-0.1, -0.05) is 0 Å². The Kier molecular flexibility index (Phi) is 2.05. The van der Waals surface area contributed by atoms with Crippen LogP contribution in [0.2, 0.25) is 0 Å². The first-order valence-electron chi connectivity index (χ1n) is 4.21. The fourth-order valence-corrected chi connectivity index (χ4v) is 1.28. The summed E-state index contributed by atoms with van der Waals surface area (Å²) < 4.78 is 6.82. The van der Waals surface area contributed by atoms with Crippen molar-refractivity contribution in [2.45, 2.75) is 13.1 Å². The van der Waals surface area contributed by atoms with E-state index in [0.29, 0.717) is 17.0 Å². The van der Waals surface area contributed by atoms with Crippen LogP contribution in [0, 0.1) is 0 Å². The minimum Gasteiger partial charge on any atom is -0.479 e. The average molecular weight is 193 g/mol. The van der Waals surface area contributed by atoms with E-state index in [4.69, 9.17) is 10.5 Å². The third-order valence-corrected chi connectivity index (χ3v) is 1.96. The quantitative estimate of drug-likeness (QED) is 0.742. The number of imidazole rings is 1. The van der Waals surface area contributed by atoms with Crippen LogP contribution >= 0.6 is 0 Å². The van der Waals surface area contributed by atoms with Crippen molar-refractivity contribution in [3.05, 3.63) is 12.7 Å². The summed E-state index contributed by atoms with van der Waals surface area (Å²) in [6.07, 6.45) is 2.90. The minimum absolute atomic E-state index is 0.167. The summed E-state index contributed by atoms with van der Waals surface area (Å²) in [6.45, 7) is 1.86. The van der Waals surface area contributed by atoms with E-state index in [2.05, 4.69) is 15.0 Å². The average Bonchev–Trinajstić information content (AvgIpc) is 2.60. The molecule has 74 valence electrons. The molecule has 14 heavy (non-hydrogen) atoms. The molecular weight excluding hydrogens is 182 g/mol. The summed E-state index contributed by atoms with van der Waals surface area (Å²) in [7, 11) is 1.55. The van der Waals surface area contributed by atoms with Gasteiger partial charge in [-0.25, -0.2) is 9.97 Å². The summed E-state index contributed by atoms with van der Waals surface area (Å²) in [5, 5.41) is 0. The maximum absolute atomic E-state index is 5.74. The van der Waals surface area contributed by atoms with E-state index >= 15 is 0 Å². The molecule has 1 unspecified atom stereocenters. The van der Waals surface area contributed by atoms with Crippen molar-refractivity contribution < 1.29 is 4.74 Å². The van der Waals surface area contributed by atoms with Gasteiger partial charge in [-0.2, -0.15) is 4.98 Å². The SMILES string of the molecule is COc1ncnc2c1ncn2C(C)N. The van der Waals surface area contributed by atoms with Gasteiger partial charge in [0, 0.05) is 0 Å². The molecule has 2 aromatic rings. The molecule has 0 aromatic carbocycles. The van der Waals surface area contributed by atoms with Crippen LogP contribution in [-0.4, -0.2) is 26.6 Å². The Bertz CT molecular complexity index is 450. The second-order valence-corrected chi connectivity index (χ2v) is 2.95. The third kappa shape index (κ3) is 1.20. The molecule has 0 saturated heterocycles. The van der Waals surface area contributed by atoms with Gasteiger partial charge in [-0.15, -0.1) is 0 Å². The first kappa shape index (κ1) is 8.89. The minimum atomic E-state index is -0.167. The largest absolute Gasteiger partial charge is 0.479 e. The molecule has 0 saturated carbocycles. The first-order chi connectivity index (χ1) is 6.74. The van der Waals surface area contributed by atoms with Gasteiger partial charge in [0.2, 0.25) is 5.88 Å². The summed E-state index contributed by atoms with van der Waals surface area (Å²) in [4.78, 5) is 12.2. The maximum Gasteiger partial charge on any atom is 0.245 e. The van der Waals surface area contributed by atoms with Gasteiger partial charge < -0.3 is 10.5 Å². The number of rotatable bonds is 2. The van der Waals surface area contributed by atoms with E-state index in [1.54, 1.807) is 18.0 Å². The Hall–Kier alpha value is -1.69. The van der Waals surface area contributed by atoms with Crippen LogP contribution in [0.5, 0.6) is 5.88 Å². The van der Waals surface area contributed by atoms with Gasteiger partial charge in [0.25, 0.3) is 0 Å². The number of nitrogens with zero attached hydrogens (tertiary/aromatic N) is 4. The van der Waals surface area contributed by atoms with E-state index in [1.807, 2.05) is 6.92 Å². The monoisotopic (exact) mass is 193 g/mol. The number of nitrogens with two attached hydrogens (primary N) is 1. The van der Waals surface area contributed by atoms with Crippen LogP contribution in [0.4, 0.5) is 0 Å². The lowest BCUT2D eigenvalue weighted by atomic mass is 10.5. The molecule has 2 aromatic heterocycles. The molecule has 6 heteroatoms. The number of hydrogen-bond donors (Lipinski definition) is 1. The third-order valence-electron chi connectivity index (χ3n) is 1.96. The molecule has 2 rings (SSSR count). The molecular formula is C8H11N5O. The molecule has 0 amide bonds. The Morgan fingerprint density at radius 1 is 1.43 bits per heavy atom. The molecule has 6 nitrogen and oxygen atoms in total. The van der Waals surface area contributed by atoms with Crippen LogP contribution in [0.1, 0.15) is 13.1 Å². The molecule has 0 aliphatic heterocycles. The van der Waals surface area contributed by atoms with Crippen molar-refractivity contribution in [1.82, 2.24) is 19.5 Å². The van der Waals surface area contributed by atoms with Gasteiger partial charge in [-0.3, -0.25) is 4.57 Å². The van der Waals surface area contributed by atoms with E-state index in [1.165, 1.54) is 6.33 Å². The van der Waals surface area contributed by atoms with Gasteiger partial charge in [-0.05, 0) is 6.92 Å². The zero-order valence-corrected chi connectivity index (χ0v) is 8.01. The molecule has 0 aliphatic carbocycles. The summed E-state index contributed by atoms with van der Waals surface area (Å²) >= 11 is 0. The zero-order chi connectivity index (χ0) is 10.1. The lowest BCUT2D eigenvalue weighted by molar-refractivity contribution is 0.401. The molecule has 1 atom stereocenters. The molecule has 2 heterocycles. The lowest BCUT2D eigenvalue weighted by Crippen LogP contribution is -2.13. The number of methoxy groups -OCH3 is 1. The highest BCUT2D eigenvalue weighted by Crippen LogP contribution is 2.19. The van der Waals surface area contributed by atoms with Crippen molar-refractivity contribution in [2.75, 3.05) is 7.11 Å². The van der Waals surface area contributed by atoms with E-state index < -0.39 is 0 Å². The fraction of sp³-hybridized carbons (Fsp3) is 0.375. The van der Waals surface area contributed by atoms with Crippen LogP contribution in [-0.2, 0) is 0 Å². The highest BCUT2D eigenvalue weighted by molar-refractivity contribution is 5.75. The summed E-state index contributed by atoms with van der Waals surface area (Å²) in [5.41, 5.74) is 7.06. The first-order valence-corrected chi connectivity index (χ1v) is 4.21. The topological polar surface area (TPSA) is 78.9 Å². The van der Waals surface area contributed by atoms with Gasteiger partial charge in [0.15, 0.2) is 11.2 Å². The van der Waals surface area contributed by atoms with Gasteiger partial charge >= 0.3 is 0 Å². The van der Waals surface area contributed by atoms with Crippen molar-refractivity contribution in [2.24, 2.45) is 5.73 Å². The Balaban J connectivity index is 2.69. The fourth-order valence-electron chi connectivity index (χ4n) is 1.28. The van der Waals surface area contributed by atoms with Gasteiger partial charge in [0.05, 0.1) is 19.6 Å². The number of ether oxygens (including phenoxy) is 1. The highest BCUT2D eigenvalue weighted by Gasteiger charge is 2.11. The van der Waals surface area contributed by atoms with Crippen LogP contribution < -0.4 is 10.5 Å². The molecule has 2 N–H and O–H groups in total. The van der Waals surface area contributed by atoms with E-state index in [9.17, 15) is 0 Å². The van der Waals surface area contributed by atoms with E-state index in [0.717, 1.165) is 0 Å². The van der Waals surface area contributed by atoms with Crippen LogP contribution in [0.3, 0.4) is 0 Å². The molecule has 0 aliphatic rings. The maximum atomic E-state index is 5.74. The van der Waals surface area contributed by atoms with Crippen LogP contribution in [0.25, 0.3) is 11.2 Å². The van der Waals surface area contributed by atoms with Crippen molar-refractivity contribution in [1.29, 1.82) is 0 Å². The molecule has 0 radical (unpaired) electrons. The van der Waals surface area contributed by atoms with Crippen molar-refractivity contribution in [3.63, 3.8) is 0 Å². The van der Waals surface area contributed by atoms with E-state index in [-0.39, 0.29) is 6.17 Å². The lowest BCUT2D eigenvalue weighted by Gasteiger charge is -2.06. The predicted molar refractivity (Wildman–Crippen MR) is 50.8 cm³/mol. The molecule has 0 spiro atoms. The number of aromatic nitrogens is 4. The molecule has 0 bridgehead atoms. The smallest absolute Gasteiger partial charge is 0.245 e.